The minimum atomic E-state index is 0.0517. The van der Waals surface area contributed by atoms with Gasteiger partial charge in [0.05, 0.1) is 11.7 Å². The molecule has 2 aromatic rings. The molecule has 0 bridgehead atoms. The summed E-state index contributed by atoms with van der Waals surface area (Å²) in [6.07, 6.45) is 0. The van der Waals surface area contributed by atoms with E-state index in [1.807, 2.05) is 26.1 Å². The van der Waals surface area contributed by atoms with Crippen molar-refractivity contribution in [2.24, 2.45) is 0 Å². The number of rotatable bonds is 3. The Balaban J connectivity index is 2.53. The lowest BCUT2D eigenvalue weighted by molar-refractivity contribution is 0.588. The zero-order valence-corrected chi connectivity index (χ0v) is 11.7. The summed E-state index contributed by atoms with van der Waals surface area (Å²) in [6, 6.07) is 5.54. The monoisotopic (exact) mass is 315 g/mol. The fourth-order valence-electron chi connectivity index (χ4n) is 1.41. The quantitative estimate of drug-likeness (QED) is 0.944. The lowest BCUT2D eigenvalue weighted by atomic mass is 10.3. The molecular formula is C10H11BrClN5. The van der Waals surface area contributed by atoms with Gasteiger partial charge in [0.25, 0.3) is 0 Å². The van der Waals surface area contributed by atoms with E-state index >= 15 is 0 Å². The second kappa shape index (κ2) is 5.12. The van der Waals surface area contributed by atoms with Crippen molar-refractivity contribution in [1.82, 2.24) is 25.5 Å². The Morgan fingerprint density at radius 2 is 2.24 bits per heavy atom. The Hall–Kier alpha value is -0.980. The molecule has 1 N–H and O–H groups in total. The standard InChI is InChI=1S/C10H11BrClN5/c1-6(13-2)10-14-15-16-17(10)9-5-7(12)3-4-8(9)11/h3-6,13H,1-2H3. The molecule has 2 rings (SSSR count). The van der Waals surface area contributed by atoms with Crippen molar-refractivity contribution in [3.63, 3.8) is 0 Å². The summed E-state index contributed by atoms with van der Waals surface area (Å²) >= 11 is 9.44. The molecule has 0 saturated carbocycles. The van der Waals surface area contributed by atoms with E-state index in [9.17, 15) is 0 Å². The second-order valence-electron chi connectivity index (χ2n) is 3.55. The molecule has 0 saturated heterocycles. The zero-order chi connectivity index (χ0) is 12.4. The topological polar surface area (TPSA) is 55.6 Å². The van der Waals surface area contributed by atoms with Crippen molar-refractivity contribution in [3.05, 3.63) is 33.5 Å². The van der Waals surface area contributed by atoms with Crippen LogP contribution in [0.3, 0.4) is 0 Å². The predicted octanol–water partition coefficient (Wildman–Crippen LogP) is 2.36. The Labute approximate surface area is 112 Å². The van der Waals surface area contributed by atoms with Gasteiger partial charge in [0, 0.05) is 9.50 Å². The molecule has 1 atom stereocenters. The van der Waals surface area contributed by atoms with Crippen LogP contribution in [0.5, 0.6) is 0 Å². The summed E-state index contributed by atoms with van der Waals surface area (Å²) in [4.78, 5) is 0. The van der Waals surface area contributed by atoms with Gasteiger partial charge in [0.1, 0.15) is 0 Å². The number of hydrogen-bond donors (Lipinski definition) is 1. The molecule has 17 heavy (non-hydrogen) atoms. The van der Waals surface area contributed by atoms with Gasteiger partial charge in [-0.1, -0.05) is 11.6 Å². The molecule has 1 aromatic heterocycles. The third-order valence-electron chi connectivity index (χ3n) is 2.45. The third kappa shape index (κ3) is 2.48. The first kappa shape index (κ1) is 12.5. The van der Waals surface area contributed by atoms with Crippen LogP contribution in [0.2, 0.25) is 5.02 Å². The first-order chi connectivity index (χ1) is 8.13. The van der Waals surface area contributed by atoms with Gasteiger partial charge in [-0.05, 0) is 58.5 Å². The Morgan fingerprint density at radius 3 is 2.94 bits per heavy atom. The highest BCUT2D eigenvalue weighted by Gasteiger charge is 2.16. The van der Waals surface area contributed by atoms with E-state index in [1.54, 1.807) is 10.7 Å². The first-order valence-electron chi connectivity index (χ1n) is 5.04. The molecule has 0 aliphatic carbocycles. The summed E-state index contributed by atoms with van der Waals surface area (Å²) in [5, 5.41) is 15.4. The Bertz CT molecular complexity index is 527. The molecule has 1 unspecified atom stereocenters. The van der Waals surface area contributed by atoms with E-state index < -0.39 is 0 Å². The number of nitrogens with zero attached hydrogens (tertiary/aromatic N) is 4. The number of hydrogen-bond acceptors (Lipinski definition) is 4. The van der Waals surface area contributed by atoms with Crippen LogP contribution in [0, 0.1) is 0 Å². The first-order valence-corrected chi connectivity index (χ1v) is 6.21. The van der Waals surface area contributed by atoms with E-state index in [0.717, 1.165) is 16.0 Å². The predicted molar refractivity (Wildman–Crippen MR) is 69.3 cm³/mol. The van der Waals surface area contributed by atoms with Crippen LogP contribution >= 0.6 is 27.5 Å². The van der Waals surface area contributed by atoms with Gasteiger partial charge in [-0.2, -0.15) is 4.68 Å². The van der Waals surface area contributed by atoms with Gasteiger partial charge >= 0.3 is 0 Å². The van der Waals surface area contributed by atoms with Crippen LogP contribution in [-0.4, -0.2) is 27.3 Å². The molecule has 1 aromatic carbocycles. The molecular weight excluding hydrogens is 306 g/mol. The maximum atomic E-state index is 5.98. The van der Waals surface area contributed by atoms with E-state index in [1.165, 1.54) is 0 Å². The van der Waals surface area contributed by atoms with E-state index in [-0.39, 0.29) is 6.04 Å². The summed E-state index contributed by atoms with van der Waals surface area (Å²) in [6.45, 7) is 1.99. The molecule has 0 amide bonds. The van der Waals surface area contributed by atoms with Gasteiger partial charge in [0.15, 0.2) is 5.82 Å². The lowest BCUT2D eigenvalue weighted by Gasteiger charge is -2.11. The molecule has 0 aliphatic rings. The van der Waals surface area contributed by atoms with E-state index in [4.69, 9.17) is 11.6 Å². The molecule has 0 spiro atoms. The van der Waals surface area contributed by atoms with Crippen LogP contribution < -0.4 is 5.32 Å². The molecule has 1 heterocycles. The second-order valence-corrected chi connectivity index (χ2v) is 4.85. The van der Waals surface area contributed by atoms with Gasteiger partial charge in [0.2, 0.25) is 0 Å². The smallest absolute Gasteiger partial charge is 0.173 e. The number of halogens is 2. The van der Waals surface area contributed by atoms with Crippen LogP contribution in [0.1, 0.15) is 18.8 Å². The largest absolute Gasteiger partial charge is 0.311 e. The number of nitrogens with one attached hydrogen (secondary N) is 1. The van der Waals surface area contributed by atoms with Crippen molar-refractivity contribution in [1.29, 1.82) is 0 Å². The molecule has 5 nitrogen and oxygen atoms in total. The normalized spacial score (nSPS) is 12.7. The maximum absolute atomic E-state index is 5.98. The zero-order valence-electron chi connectivity index (χ0n) is 9.35. The fourth-order valence-corrected chi connectivity index (χ4v) is 1.99. The van der Waals surface area contributed by atoms with Crippen molar-refractivity contribution < 1.29 is 0 Å². The van der Waals surface area contributed by atoms with Crippen molar-refractivity contribution in [3.8, 4) is 5.69 Å². The van der Waals surface area contributed by atoms with Crippen LogP contribution in [0.15, 0.2) is 22.7 Å². The van der Waals surface area contributed by atoms with E-state index in [2.05, 4.69) is 36.8 Å². The van der Waals surface area contributed by atoms with Crippen LogP contribution in [0.4, 0.5) is 0 Å². The SMILES string of the molecule is CNC(C)c1nnnn1-c1cc(Cl)ccc1Br. The molecule has 7 heteroatoms. The fraction of sp³-hybridized carbons (Fsp3) is 0.300. The molecule has 90 valence electrons. The lowest BCUT2D eigenvalue weighted by Crippen LogP contribution is -2.18. The highest BCUT2D eigenvalue weighted by atomic mass is 79.9. The average Bonchev–Trinajstić information content (AvgIpc) is 2.80. The highest BCUT2D eigenvalue weighted by molar-refractivity contribution is 9.10. The maximum Gasteiger partial charge on any atom is 0.173 e. The Kier molecular flexibility index (Phi) is 3.76. The average molecular weight is 317 g/mol. The summed E-state index contributed by atoms with van der Waals surface area (Å²) in [7, 11) is 1.86. The summed E-state index contributed by atoms with van der Waals surface area (Å²) in [5.74, 6) is 0.732. The summed E-state index contributed by atoms with van der Waals surface area (Å²) < 4.78 is 2.55. The number of aromatic nitrogens is 4. The summed E-state index contributed by atoms with van der Waals surface area (Å²) in [5.41, 5.74) is 0.819. The van der Waals surface area contributed by atoms with Crippen molar-refractivity contribution >= 4 is 27.5 Å². The van der Waals surface area contributed by atoms with Crippen molar-refractivity contribution in [2.75, 3.05) is 7.05 Å². The van der Waals surface area contributed by atoms with Crippen molar-refractivity contribution in [2.45, 2.75) is 13.0 Å². The van der Waals surface area contributed by atoms with Gasteiger partial charge in [-0.25, -0.2) is 0 Å². The molecule has 0 radical (unpaired) electrons. The third-order valence-corrected chi connectivity index (χ3v) is 3.36. The molecule has 0 fully saturated rings. The minimum Gasteiger partial charge on any atom is -0.311 e. The number of benzene rings is 1. The molecule has 0 aliphatic heterocycles. The van der Waals surface area contributed by atoms with Gasteiger partial charge in [-0.3, -0.25) is 0 Å². The van der Waals surface area contributed by atoms with E-state index in [0.29, 0.717) is 5.02 Å². The number of tetrazole rings is 1. The van der Waals surface area contributed by atoms with Crippen LogP contribution in [-0.2, 0) is 0 Å². The minimum absolute atomic E-state index is 0.0517. The highest BCUT2D eigenvalue weighted by Crippen LogP contribution is 2.25. The van der Waals surface area contributed by atoms with Gasteiger partial charge < -0.3 is 5.32 Å². The Morgan fingerprint density at radius 1 is 1.47 bits per heavy atom. The van der Waals surface area contributed by atoms with Crippen LogP contribution in [0.25, 0.3) is 5.69 Å². The van der Waals surface area contributed by atoms with Gasteiger partial charge in [-0.15, -0.1) is 5.10 Å².